The van der Waals surface area contributed by atoms with Crippen molar-refractivity contribution in [2.45, 2.75) is 57.4 Å². The maximum absolute atomic E-state index is 9.31. The molecule has 98 valence electrons. The van der Waals surface area contributed by atoms with E-state index in [2.05, 4.69) is 17.5 Å². The zero-order valence-corrected chi connectivity index (χ0v) is 10.9. The summed E-state index contributed by atoms with van der Waals surface area (Å²) in [6.07, 6.45) is 15.2. The predicted molar refractivity (Wildman–Crippen MR) is 71.9 cm³/mol. The molecule has 2 aliphatic rings. The van der Waals surface area contributed by atoms with Crippen LogP contribution in [0.5, 0.6) is 0 Å². The summed E-state index contributed by atoms with van der Waals surface area (Å²) in [4.78, 5) is 0. The van der Waals surface area contributed by atoms with E-state index in [1.165, 1.54) is 51.4 Å². The van der Waals surface area contributed by atoms with Crippen LogP contribution >= 0.6 is 0 Å². The van der Waals surface area contributed by atoms with Crippen molar-refractivity contribution >= 4 is 0 Å². The Kier molecular flexibility index (Phi) is 5.53. The van der Waals surface area contributed by atoms with Crippen molar-refractivity contribution in [3.8, 4) is 0 Å². The van der Waals surface area contributed by atoms with Crippen molar-refractivity contribution in [3.63, 3.8) is 0 Å². The number of rotatable bonds is 4. The van der Waals surface area contributed by atoms with Gasteiger partial charge in [-0.15, -0.1) is 0 Å². The molecule has 0 amide bonds. The highest BCUT2D eigenvalue weighted by atomic mass is 16.3. The van der Waals surface area contributed by atoms with Gasteiger partial charge in [-0.3, -0.25) is 0 Å². The van der Waals surface area contributed by atoms with Gasteiger partial charge in [0.05, 0.1) is 0 Å². The largest absolute Gasteiger partial charge is 0.396 e. The summed E-state index contributed by atoms with van der Waals surface area (Å²) in [6, 6.07) is 0.579. The summed E-state index contributed by atoms with van der Waals surface area (Å²) >= 11 is 0. The summed E-state index contributed by atoms with van der Waals surface area (Å²) in [5.41, 5.74) is 0. The van der Waals surface area contributed by atoms with Gasteiger partial charge in [0.2, 0.25) is 0 Å². The normalized spacial score (nSPS) is 36.4. The molecule has 0 aromatic carbocycles. The Hall–Kier alpha value is -0.340. The van der Waals surface area contributed by atoms with Crippen LogP contribution in [-0.4, -0.2) is 24.3 Å². The van der Waals surface area contributed by atoms with Gasteiger partial charge in [0.1, 0.15) is 0 Å². The van der Waals surface area contributed by atoms with Crippen LogP contribution in [-0.2, 0) is 0 Å². The van der Waals surface area contributed by atoms with E-state index in [4.69, 9.17) is 0 Å². The first-order valence-electron chi connectivity index (χ1n) is 7.41. The van der Waals surface area contributed by atoms with Gasteiger partial charge in [0.15, 0.2) is 0 Å². The average molecular weight is 237 g/mol. The zero-order chi connectivity index (χ0) is 11.9. The molecular weight excluding hydrogens is 210 g/mol. The lowest BCUT2D eigenvalue weighted by molar-refractivity contribution is 0.191. The van der Waals surface area contributed by atoms with Crippen molar-refractivity contribution in [3.05, 3.63) is 12.2 Å². The van der Waals surface area contributed by atoms with E-state index in [0.717, 1.165) is 6.54 Å². The highest BCUT2D eigenvalue weighted by Crippen LogP contribution is 2.30. The molecule has 17 heavy (non-hydrogen) atoms. The number of aliphatic hydroxyl groups is 1. The fourth-order valence-electron chi connectivity index (χ4n) is 3.26. The number of aliphatic hydroxyl groups excluding tert-OH is 1. The van der Waals surface area contributed by atoms with Crippen molar-refractivity contribution in [2.24, 2.45) is 11.8 Å². The van der Waals surface area contributed by atoms with Gasteiger partial charge < -0.3 is 10.4 Å². The third-order valence-electron chi connectivity index (χ3n) is 4.45. The Morgan fingerprint density at radius 1 is 1.00 bits per heavy atom. The quantitative estimate of drug-likeness (QED) is 0.737. The van der Waals surface area contributed by atoms with E-state index in [0.29, 0.717) is 24.5 Å². The predicted octanol–water partition coefficient (Wildman–Crippen LogP) is 2.87. The Morgan fingerprint density at radius 3 is 2.76 bits per heavy atom. The molecule has 0 heterocycles. The average Bonchev–Trinajstić information content (AvgIpc) is 2.75. The minimum atomic E-state index is 0.382. The lowest BCUT2D eigenvalue weighted by atomic mass is 9.96. The summed E-state index contributed by atoms with van der Waals surface area (Å²) in [7, 11) is 0. The molecule has 2 heteroatoms. The van der Waals surface area contributed by atoms with Crippen molar-refractivity contribution in [1.82, 2.24) is 5.32 Å². The molecule has 3 unspecified atom stereocenters. The number of nitrogens with one attached hydrogen (secondary N) is 1. The molecule has 2 aliphatic carbocycles. The van der Waals surface area contributed by atoms with E-state index in [-0.39, 0.29) is 0 Å². The lowest BCUT2D eigenvalue weighted by Crippen LogP contribution is -2.34. The fraction of sp³-hybridized carbons (Fsp3) is 0.867. The standard InChI is InChI=1S/C15H27NO/c17-12-14-8-6-7-13(14)11-16-15-9-4-2-1-3-5-10-15/h4,9,13-17H,1-3,5-8,10-12H2/b9-4+. The molecule has 0 saturated heterocycles. The van der Waals surface area contributed by atoms with Crippen LogP contribution in [0, 0.1) is 11.8 Å². The van der Waals surface area contributed by atoms with E-state index >= 15 is 0 Å². The van der Waals surface area contributed by atoms with E-state index < -0.39 is 0 Å². The van der Waals surface area contributed by atoms with Gasteiger partial charge in [-0.1, -0.05) is 31.4 Å². The fourth-order valence-corrected chi connectivity index (χ4v) is 3.26. The maximum atomic E-state index is 9.31. The summed E-state index contributed by atoms with van der Waals surface area (Å²) < 4.78 is 0. The Labute approximate surface area is 105 Å². The smallest absolute Gasteiger partial charge is 0.0462 e. The molecule has 2 rings (SSSR count). The molecule has 0 aromatic heterocycles. The van der Waals surface area contributed by atoms with Crippen LogP contribution < -0.4 is 5.32 Å². The maximum Gasteiger partial charge on any atom is 0.0462 e. The van der Waals surface area contributed by atoms with Crippen LogP contribution in [0.2, 0.25) is 0 Å². The molecule has 0 radical (unpaired) electrons. The minimum Gasteiger partial charge on any atom is -0.396 e. The first-order chi connectivity index (χ1) is 8.40. The van der Waals surface area contributed by atoms with Crippen molar-refractivity contribution in [1.29, 1.82) is 0 Å². The highest BCUT2D eigenvalue weighted by molar-refractivity contribution is 4.95. The SMILES string of the molecule is OCC1CCCC1CNC1/C=C/CCCCC1. The van der Waals surface area contributed by atoms with Gasteiger partial charge in [-0.2, -0.15) is 0 Å². The molecule has 0 aromatic rings. The third-order valence-corrected chi connectivity index (χ3v) is 4.45. The molecule has 0 bridgehead atoms. The van der Waals surface area contributed by atoms with Crippen LogP contribution in [0.3, 0.4) is 0 Å². The second-order valence-electron chi connectivity index (χ2n) is 5.71. The number of hydrogen-bond donors (Lipinski definition) is 2. The Bertz CT molecular complexity index is 239. The molecule has 1 fully saturated rings. The van der Waals surface area contributed by atoms with E-state index in [9.17, 15) is 5.11 Å². The van der Waals surface area contributed by atoms with Gasteiger partial charge >= 0.3 is 0 Å². The second kappa shape index (κ2) is 7.17. The topological polar surface area (TPSA) is 32.3 Å². The first kappa shape index (κ1) is 13.1. The number of hydrogen-bond acceptors (Lipinski definition) is 2. The molecule has 0 aliphatic heterocycles. The summed E-state index contributed by atoms with van der Waals surface area (Å²) in [5.74, 6) is 1.26. The summed E-state index contributed by atoms with van der Waals surface area (Å²) in [6.45, 7) is 1.48. The van der Waals surface area contributed by atoms with Gasteiger partial charge in [-0.05, 0) is 50.5 Å². The first-order valence-corrected chi connectivity index (χ1v) is 7.41. The van der Waals surface area contributed by atoms with Gasteiger partial charge in [0, 0.05) is 12.6 Å². The molecule has 3 atom stereocenters. The number of allylic oxidation sites excluding steroid dienone is 1. The van der Waals surface area contributed by atoms with E-state index in [1.807, 2.05) is 0 Å². The second-order valence-corrected chi connectivity index (χ2v) is 5.71. The molecule has 2 nitrogen and oxygen atoms in total. The monoisotopic (exact) mass is 237 g/mol. The van der Waals surface area contributed by atoms with Crippen molar-refractivity contribution < 1.29 is 5.11 Å². The molecular formula is C15H27NO. The third kappa shape index (κ3) is 4.11. The van der Waals surface area contributed by atoms with Crippen molar-refractivity contribution in [2.75, 3.05) is 13.2 Å². The minimum absolute atomic E-state index is 0.382. The van der Waals surface area contributed by atoms with E-state index in [1.54, 1.807) is 0 Å². The Balaban J connectivity index is 1.74. The highest BCUT2D eigenvalue weighted by Gasteiger charge is 2.26. The van der Waals surface area contributed by atoms with Gasteiger partial charge in [-0.25, -0.2) is 0 Å². The molecule has 1 saturated carbocycles. The van der Waals surface area contributed by atoms with Crippen LogP contribution in [0.15, 0.2) is 12.2 Å². The van der Waals surface area contributed by atoms with Crippen LogP contribution in [0.25, 0.3) is 0 Å². The summed E-state index contributed by atoms with van der Waals surface area (Å²) in [5, 5.41) is 13.0. The Morgan fingerprint density at radius 2 is 1.88 bits per heavy atom. The lowest BCUT2D eigenvalue weighted by Gasteiger charge is -2.22. The van der Waals surface area contributed by atoms with Crippen LogP contribution in [0.1, 0.15) is 51.4 Å². The van der Waals surface area contributed by atoms with Gasteiger partial charge in [0.25, 0.3) is 0 Å². The molecule has 2 N–H and O–H groups in total. The molecule has 0 spiro atoms. The zero-order valence-electron chi connectivity index (χ0n) is 10.9. The van der Waals surface area contributed by atoms with Crippen LogP contribution in [0.4, 0.5) is 0 Å².